The van der Waals surface area contributed by atoms with Crippen LogP contribution in [0.4, 0.5) is 4.79 Å². The quantitative estimate of drug-likeness (QED) is 0.536. The summed E-state index contributed by atoms with van der Waals surface area (Å²) in [6.45, 7) is 9.47. The number of hydrogen-bond donors (Lipinski definition) is 0. The molecule has 166 valence electrons. The van der Waals surface area contributed by atoms with Crippen LogP contribution in [0.5, 0.6) is 0 Å². The Balaban J connectivity index is 1.17. The van der Waals surface area contributed by atoms with Gasteiger partial charge in [-0.3, -0.25) is 4.90 Å². The lowest BCUT2D eigenvalue weighted by molar-refractivity contribution is -0.0851. The minimum absolute atomic E-state index is 0.144. The van der Waals surface area contributed by atoms with E-state index in [-0.39, 0.29) is 6.09 Å². The van der Waals surface area contributed by atoms with Crippen molar-refractivity contribution < 1.29 is 9.53 Å². The summed E-state index contributed by atoms with van der Waals surface area (Å²) < 4.78 is 5.51. The SMILES string of the molecule is CCCCC1(CCC)CN(C2CCC3(CC2)CN(C(=O)OCc2ccccc2)C3)C1. The third kappa shape index (κ3) is 4.69. The Morgan fingerprint density at radius 1 is 1.00 bits per heavy atom. The number of carbonyl (C=O) groups excluding carboxylic acids is 1. The van der Waals surface area contributed by atoms with E-state index in [9.17, 15) is 4.79 Å². The van der Waals surface area contributed by atoms with Gasteiger partial charge in [0.2, 0.25) is 0 Å². The Bertz CT molecular complexity index is 682. The van der Waals surface area contributed by atoms with Crippen molar-refractivity contribution in [1.29, 1.82) is 0 Å². The number of likely N-dealkylation sites (tertiary alicyclic amines) is 2. The van der Waals surface area contributed by atoms with Crippen molar-refractivity contribution in [2.45, 2.75) is 84.3 Å². The molecule has 2 heterocycles. The Kier molecular flexibility index (Phi) is 6.72. The van der Waals surface area contributed by atoms with E-state index in [2.05, 4.69) is 18.7 Å². The third-order valence-corrected chi connectivity index (χ3v) is 7.97. The minimum atomic E-state index is -0.144. The normalized spacial score (nSPS) is 23.1. The van der Waals surface area contributed by atoms with Gasteiger partial charge in [0.15, 0.2) is 0 Å². The van der Waals surface area contributed by atoms with Gasteiger partial charge >= 0.3 is 6.09 Å². The molecule has 4 nitrogen and oxygen atoms in total. The molecule has 0 atom stereocenters. The number of unbranched alkanes of at least 4 members (excludes halogenated alkanes) is 1. The van der Waals surface area contributed by atoms with Crippen molar-refractivity contribution in [2.24, 2.45) is 10.8 Å². The maximum absolute atomic E-state index is 12.4. The molecule has 0 radical (unpaired) electrons. The molecule has 2 aliphatic heterocycles. The first-order valence-electron chi connectivity index (χ1n) is 12.3. The van der Waals surface area contributed by atoms with E-state index in [0.29, 0.717) is 17.4 Å². The van der Waals surface area contributed by atoms with E-state index < -0.39 is 0 Å². The Labute approximate surface area is 183 Å². The molecule has 30 heavy (non-hydrogen) atoms. The van der Waals surface area contributed by atoms with E-state index in [1.54, 1.807) is 0 Å². The van der Waals surface area contributed by atoms with Crippen LogP contribution in [0.1, 0.15) is 77.2 Å². The number of nitrogens with zero attached hydrogens (tertiary/aromatic N) is 2. The highest BCUT2D eigenvalue weighted by molar-refractivity contribution is 5.69. The molecular formula is C26H40N2O2. The van der Waals surface area contributed by atoms with E-state index in [1.165, 1.54) is 70.9 Å². The van der Waals surface area contributed by atoms with Gasteiger partial charge in [-0.2, -0.15) is 0 Å². The summed E-state index contributed by atoms with van der Waals surface area (Å²) >= 11 is 0. The lowest BCUT2D eigenvalue weighted by Gasteiger charge is -2.58. The van der Waals surface area contributed by atoms with Crippen LogP contribution in [-0.2, 0) is 11.3 Å². The van der Waals surface area contributed by atoms with Gasteiger partial charge in [0.25, 0.3) is 0 Å². The first-order chi connectivity index (χ1) is 14.6. The maximum atomic E-state index is 12.4. The maximum Gasteiger partial charge on any atom is 0.410 e. The van der Waals surface area contributed by atoms with Crippen LogP contribution in [0.2, 0.25) is 0 Å². The van der Waals surface area contributed by atoms with Crippen LogP contribution < -0.4 is 0 Å². The van der Waals surface area contributed by atoms with E-state index in [0.717, 1.165) is 24.7 Å². The molecule has 1 saturated carbocycles. The summed E-state index contributed by atoms with van der Waals surface area (Å²) in [4.78, 5) is 17.1. The number of rotatable bonds is 8. The summed E-state index contributed by atoms with van der Waals surface area (Å²) in [6, 6.07) is 10.7. The third-order valence-electron chi connectivity index (χ3n) is 7.97. The second kappa shape index (κ2) is 9.30. The zero-order valence-corrected chi connectivity index (χ0v) is 19.1. The Morgan fingerprint density at radius 3 is 2.33 bits per heavy atom. The van der Waals surface area contributed by atoms with Gasteiger partial charge in [-0.15, -0.1) is 0 Å². The molecule has 1 aliphatic carbocycles. The predicted molar refractivity (Wildman–Crippen MR) is 121 cm³/mol. The van der Waals surface area contributed by atoms with Crippen molar-refractivity contribution in [3.8, 4) is 0 Å². The average Bonchev–Trinajstić information content (AvgIpc) is 2.72. The Morgan fingerprint density at radius 2 is 1.70 bits per heavy atom. The van der Waals surface area contributed by atoms with Crippen molar-refractivity contribution in [2.75, 3.05) is 26.2 Å². The van der Waals surface area contributed by atoms with Gasteiger partial charge in [0, 0.05) is 37.6 Å². The fraction of sp³-hybridized carbons (Fsp3) is 0.731. The lowest BCUT2D eigenvalue weighted by Crippen LogP contribution is -2.63. The predicted octanol–water partition coefficient (Wildman–Crippen LogP) is 5.86. The first-order valence-corrected chi connectivity index (χ1v) is 12.3. The Hall–Kier alpha value is -1.55. The molecule has 1 spiro atoms. The van der Waals surface area contributed by atoms with Crippen molar-refractivity contribution in [3.63, 3.8) is 0 Å². The molecule has 1 aromatic rings. The van der Waals surface area contributed by atoms with Crippen molar-refractivity contribution in [3.05, 3.63) is 35.9 Å². The van der Waals surface area contributed by atoms with Gasteiger partial charge in [-0.25, -0.2) is 4.79 Å². The molecule has 1 amide bonds. The molecule has 4 heteroatoms. The molecule has 0 N–H and O–H groups in total. The number of ether oxygens (including phenoxy) is 1. The van der Waals surface area contributed by atoms with Gasteiger partial charge < -0.3 is 9.64 Å². The smallest absolute Gasteiger partial charge is 0.410 e. The van der Waals surface area contributed by atoms with Crippen LogP contribution in [0.15, 0.2) is 30.3 Å². The molecule has 0 bridgehead atoms. The largest absolute Gasteiger partial charge is 0.445 e. The summed E-state index contributed by atoms with van der Waals surface area (Å²) in [5, 5.41) is 0. The highest BCUT2D eigenvalue weighted by Crippen LogP contribution is 2.48. The monoisotopic (exact) mass is 412 g/mol. The van der Waals surface area contributed by atoms with Gasteiger partial charge in [-0.1, -0.05) is 63.4 Å². The molecule has 0 unspecified atom stereocenters. The highest BCUT2D eigenvalue weighted by atomic mass is 16.6. The van der Waals surface area contributed by atoms with Crippen molar-refractivity contribution in [1.82, 2.24) is 9.80 Å². The average molecular weight is 413 g/mol. The number of amides is 1. The number of carbonyl (C=O) groups is 1. The van der Waals surface area contributed by atoms with E-state index in [1.807, 2.05) is 35.2 Å². The molecule has 0 aromatic heterocycles. The highest BCUT2D eigenvalue weighted by Gasteiger charge is 2.50. The second-order valence-electron chi connectivity index (χ2n) is 10.4. The van der Waals surface area contributed by atoms with Crippen LogP contribution in [0, 0.1) is 10.8 Å². The summed E-state index contributed by atoms with van der Waals surface area (Å²) in [6.07, 6.45) is 11.9. The number of hydrogen-bond acceptors (Lipinski definition) is 3. The lowest BCUT2D eigenvalue weighted by atomic mass is 9.65. The van der Waals surface area contributed by atoms with Gasteiger partial charge in [-0.05, 0) is 49.5 Å². The summed E-state index contributed by atoms with van der Waals surface area (Å²) in [5.74, 6) is 0. The zero-order chi connectivity index (χ0) is 21.0. The molecule has 3 fully saturated rings. The van der Waals surface area contributed by atoms with Gasteiger partial charge in [0.1, 0.15) is 6.61 Å². The zero-order valence-electron chi connectivity index (χ0n) is 19.1. The van der Waals surface area contributed by atoms with E-state index in [4.69, 9.17) is 4.74 Å². The first kappa shape index (κ1) is 21.7. The van der Waals surface area contributed by atoms with Crippen LogP contribution in [-0.4, -0.2) is 48.1 Å². The summed E-state index contributed by atoms with van der Waals surface area (Å²) in [7, 11) is 0. The van der Waals surface area contributed by atoms with Crippen LogP contribution in [0.3, 0.4) is 0 Å². The minimum Gasteiger partial charge on any atom is -0.445 e. The molecule has 4 rings (SSSR count). The van der Waals surface area contributed by atoms with Crippen LogP contribution >= 0.6 is 0 Å². The molecule has 3 aliphatic rings. The topological polar surface area (TPSA) is 32.8 Å². The molecule has 1 aromatic carbocycles. The molecule has 2 saturated heterocycles. The second-order valence-corrected chi connectivity index (χ2v) is 10.4. The molecular weight excluding hydrogens is 372 g/mol. The fourth-order valence-corrected chi connectivity index (χ4v) is 6.20. The van der Waals surface area contributed by atoms with Gasteiger partial charge in [0.05, 0.1) is 0 Å². The van der Waals surface area contributed by atoms with Crippen LogP contribution in [0.25, 0.3) is 0 Å². The summed E-state index contributed by atoms with van der Waals surface area (Å²) in [5.41, 5.74) is 2.04. The fourth-order valence-electron chi connectivity index (χ4n) is 6.20. The number of benzene rings is 1. The van der Waals surface area contributed by atoms with E-state index >= 15 is 0 Å². The van der Waals surface area contributed by atoms with Crippen molar-refractivity contribution >= 4 is 6.09 Å². The standard InChI is InChI=1S/C26H40N2O2/c1-3-5-14-25(13-4-2)18-27(19-25)23-11-15-26(16-12-23)20-28(21-26)24(29)30-17-22-9-7-6-8-10-22/h6-10,23H,3-5,11-21H2,1-2H3.